The van der Waals surface area contributed by atoms with E-state index in [1.54, 1.807) is 0 Å². The summed E-state index contributed by atoms with van der Waals surface area (Å²) < 4.78 is 0. The van der Waals surface area contributed by atoms with Crippen LogP contribution in [-0.2, 0) is 14.4 Å². The summed E-state index contributed by atoms with van der Waals surface area (Å²) in [5, 5.41) is 11.0. The zero-order valence-corrected chi connectivity index (χ0v) is 26.7. The molecule has 232 valence electrons. The summed E-state index contributed by atoms with van der Waals surface area (Å²) in [6.07, 6.45) is 25.6. The van der Waals surface area contributed by atoms with Gasteiger partial charge in [0.05, 0.1) is 6.10 Å². The van der Waals surface area contributed by atoms with Gasteiger partial charge in [0, 0.05) is 30.1 Å². The van der Waals surface area contributed by atoms with Crippen molar-refractivity contribution in [2.45, 2.75) is 168 Å². The maximum absolute atomic E-state index is 13.4. The number of unbranched alkanes of at least 4 members (excludes halogenated alkanes) is 14. The first-order chi connectivity index (χ1) is 19.7. The summed E-state index contributed by atoms with van der Waals surface area (Å²) in [5.74, 6) is 0.626. The standard InChI is InChI=1S/C37H60O4/c1-4-5-6-7-8-9-10-11-12-13-14-15-16-17-18-19-31(38)28-26-37(3)27(24-32(28)39)25-33(40)35-29-20-21-34(41)36(29,2)23-22-30(35)37/h25,28-30,32,35,39H,4-24,26H2,1-3H3/t28?,29-,30-,32+,35-,36-,37-/m0/s1. The average Bonchev–Trinajstić information content (AvgIpc) is 3.25. The van der Waals surface area contributed by atoms with Gasteiger partial charge in [-0.3, -0.25) is 14.4 Å². The topological polar surface area (TPSA) is 71.4 Å². The van der Waals surface area contributed by atoms with Crippen LogP contribution in [0.25, 0.3) is 0 Å². The lowest BCUT2D eigenvalue weighted by molar-refractivity contribution is -0.142. The smallest absolute Gasteiger partial charge is 0.159 e. The van der Waals surface area contributed by atoms with Crippen LogP contribution in [0.1, 0.15) is 162 Å². The van der Waals surface area contributed by atoms with Crippen LogP contribution in [0.2, 0.25) is 0 Å². The van der Waals surface area contributed by atoms with Crippen molar-refractivity contribution in [3.05, 3.63) is 11.6 Å². The van der Waals surface area contributed by atoms with E-state index in [9.17, 15) is 19.5 Å². The maximum atomic E-state index is 13.4. The van der Waals surface area contributed by atoms with Crippen molar-refractivity contribution in [2.75, 3.05) is 0 Å². The van der Waals surface area contributed by atoms with Crippen LogP contribution in [0.4, 0.5) is 0 Å². The van der Waals surface area contributed by atoms with E-state index in [0.717, 1.165) is 37.7 Å². The summed E-state index contributed by atoms with van der Waals surface area (Å²) in [5.41, 5.74) is 0.482. The molecule has 1 unspecified atom stereocenters. The third-order valence-corrected chi connectivity index (χ3v) is 12.2. The average molecular weight is 569 g/mol. The minimum Gasteiger partial charge on any atom is -0.392 e. The monoisotopic (exact) mass is 568 g/mol. The fraction of sp³-hybridized carbons (Fsp3) is 0.865. The van der Waals surface area contributed by atoms with Crippen LogP contribution in [0.15, 0.2) is 11.6 Å². The molecule has 0 aromatic rings. The van der Waals surface area contributed by atoms with Crippen LogP contribution >= 0.6 is 0 Å². The van der Waals surface area contributed by atoms with Gasteiger partial charge >= 0.3 is 0 Å². The molecule has 0 aromatic carbocycles. The minimum absolute atomic E-state index is 0.101. The molecule has 0 aromatic heterocycles. The first kappa shape index (κ1) is 32.6. The van der Waals surface area contributed by atoms with E-state index < -0.39 is 6.10 Å². The predicted molar refractivity (Wildman–Crippen MR) is 167 cm³/mol. The van der Waals surface area contributed by atoms with Gasteiger partial charge in [-0.25, -0.2) is 0 Å². The highest BCUT2D eigenvalue weighted by Gasteiger charge is 2.62. The van der Waals surface area contributed by atoms with E-state index in [-0.39, 0.29) is 46.1 Å². The van der Waals surface area contributed by atoms with E-state index in [2.05, 4.69) is 20.8 Å². The molecule has 0 aliphatic heterocycles. The lowest BCUT2D eigenvalue weighted by atomic mass is 9.46. The summed E-state index contributed by atoms with van der Waals surface area (Å²) >= 11 is 0. The van der Waals surface area contributed by atoms with Gasteiger partial charge in [-0.05, 0) is 61.9 Å². The number of fused-ring (bicyclic) bond motifs is 5. The van der Waals surface area contributed by atoms with Gasteiger partial charge in [0.1, 0.15) is 11.6 Å². The molecular weight excluding hydrogens is 508 g/mol. The summed E-state index contributed by atoms with van der Waals surface area (Å²) in [6, 6.07) is 0. The van der Waals surface area contributed by atoms with Crippen molar-refractivity contribution in [1.82, 2.24) is 0 Å². The second kappa shape index (κ2) is 14.9. The Hall–Kier alpha value is -1.29. The number of ketones is 3. The molecule has 3 saturated carbocycles. The lowest BCUT2D eigenvalue weighted by Crippen LogP contribution is -2.55. The fourth-order valence-corrected chi connectivity index (χ4v) is 9.42. The fourth-order valence-electron chi connectivity index (χ4n) is 9.42. The Morgan fingerprint density at radius 3 is 1.93 bits per heavy atom. The summed E-state index contributed by atoms with van der Waals surface area (Å²) in [6.45, 7) is 6.62. The third-order valence-electron chi connectivity index (χ3n) is 12.2. The van der Waals surface area contributed by atoms with Gasteiger partial charge in [0.25, 0.3) is 0 Å². The molecule has 4 rings (SSSR count). The summed E-state index contributed by atoms with van der Waals surface area (Å²) in [7, 11) is 0. The van der Waals surface area contributed by atoms with Crippen LogP contribution in [0.3, 0.4) is 0 Å². The number of hydrogen-bond donors (Lipinski definition) is 1. The molecule has 0 spiro atoms. The number of carbonyl (C=O) groups is 3. The SMILES string of the molecule is CCCCCCCCCCCCCCCCCC(=O)C1C[C@@]2(C)C(=CC(=O)[C@@H]3[C@@H]2CC[C@]2(C)C(=O)CC[C@@H]32)C[C@H]1O. The van der Waals surface area contributed by atoms with E-state index in [1.807, 2.05) is 6.08 Å². The van der Waals surface area contributed by atoms with Gasteiger partial charge in [0.15, 0.2) is 5.78 Å². The number of aliphatic hydroxyl groups is 1. The van der Waals surface area contributed by atoms with Crippen molar-refractivity contribution < 1.29 is 19.5 Å². The van der Waals surface area contributed by atoms with Crippen molar-refractivity contribution in [3.63, 3.8) is 0 Å². The number of rotatable bonds is 17. The Bertz CT molecular complexity index is 935. The minimum atomic E-state index is -0.676. The Morgan fingerprint density at radius 1 is 0.805 bits per heavy atom. The Morgan fingerprint density at radius 2 is 1.34 bits per heavy atom. The van der Waals surface area contributed by atoms with Crippen LogP contribution in [0, 0.1) is 34.5 Å². The largest absolute Gasteiger partial charge is 0.392 e. The third kappa shape index (κ3) is 7.44. The van der Waals surface area contributed by atoms with Crippen LogP contribution in [0.5, 0.6) is 0 Å². The number of aliphatic hydroxyl groups excluding tert-OH is 1. The molecule has 7 atom stereocenters. The van der Waals surface area contributed by atoms with Gasteiger partial charge < -0.3 is 5.11 Å². The van der Waals surface area contributed by atoms with Gasteiger partial charge in [-0.2, -0.15) is 0 Å². The zero-order valence-electron chi connectivity index (χ0n) is 26.7. The van der Waals surface area contributed by atoms with Gasteiger partial charge in [-0.15, -0.1) is 0 Å². The van der Waals surface area contributed by atoms with E-state index in [4.69, 9.17) is 0 Å². The molecule has 3 fully saturated rings. The van der Waals surface area contributed by atoms with Crippen LogP contribution < -0.4 is 0 Å². The molecule has 0 heterocycles. The van der Waals surface area contributed by atoms with Gasteiger partial charge in [-0.1, -0.05) is 116 Å². The van der Waals surface area contributed by atoms with Crippen molar-refractivity contribution in [3.8, 4) is 0 Å². The Labute approximate surface area is 250 Å². The predicted octanol–water partition coefficient (Wildman–Crippen LogP) is 9.11. The van der Waals surface area contributed by atoms with E-state index in [0.29, 0.717) is 31.5 Å². The molecular formula is C37H60O4. The first-order valence-electron chi connectivity index (χ1n) is 17.7. The molecule has 4 heteroatoms. The number of hydrogen-bond acceptors (Lipinski definition) is 4. The van der Waals surface area contributed by atoms with Crippen molar-refractivity contribution >= 4 is 17.3 Å². The van der Waals surface area contributed by atoms with E-state index in [1.165, 1.54) is 83.5 Å². The second-order valence-electron chi connectivity index (χ2n) is 14.9. The molecule has 4 aliphatic rings. The number of Topliss-reactive ketones (excluding diaryl/α,β-unsaturated/α-hetero) is 2. The molecule has 41 heavy (non-hydrogen) atoms. The second-order valence-corrected chi connectivity index (χ2v) is 14.9. The highest BCUT2D eigenvalue weighted by atomic mass is 16.3. The first-order valence-corrected chi connectivity index (χ1v) is 17.7. The van der Waals surface area contributed by atoms with Crippen molar-refractivity contribution in [1.29, 1.82) is 0 Å². The molecule has 0 saturated heterocycles. The molecule has 1 N–H and O–H groups in total. The lowest BCUT2D eigenvalue weighted by Gasteiger charge is -2.56. The number of carbonyl (C=O) groups excluding carboxylic acids is 3. The molecule has 4 aliphatic carbocycles. The highest BCUT2D eigenvalue weighted by Crippen LogP contribution is 2.63. The van der Waals surface area contributed by atoms with Crippen LogP contribution in [-0.4, -0.2) is 28.6 Å². The summed E-state index contributed by atoms with van der Waals surface area (Å²) in [4.78, 5) is 39.5. The highest BCUT2D eigenvalue weighted by molar-refractivity contribution is 5.97. The number of allylic oxidation sites excluding steroid dienone is 1. The normalized spacial score (nSPS) is 34.6. The molecule has 0 amide bonds. The Kier molecular flexibility index (Phi) is 11.9. The Balaban J connectivity index is 1.16. The quantitative estimate of drug-likeness (QED) is 0.178. The zero-order chi connectivity index (χ0) is 29.5. The molecule has 4 nitrogen and oxygen atoms in total. The van der Waals surface area contributed by atoms with E-state index >= 15 is 0 Å². The maximum Gasteiger partial charge on any atom is 0.159 e. The van der Waals surface area contributed by atoms with Gasteiger partial charge in [0.2, 0.25) is 0 Å². The molecule has 0 radical (unpaired) electrons. The molecule has 0 bridgehead atoms. The van der Waals surface area contributed by atoms with Crippen molar-refractivity contribution in [2.24, 2.45) is 34.5 Å².